The normalized spacial score (nSPS) is 10.4. The fraction of sp³-hybridized carbons (Fsp3) is 0.111. The van der Waals surface area contributed by atoms with Crippen molar-refractivity contribution in [3.05, 3.63) is 59.8 Å². The van der Waals surface area contributed by atoms with Crippen molar-refractivity contribution >= 4 is 28.5 Å². The maximum atomic E-state index is 12.3. The van der Waals surface area contributed by atoms with Crippen molar-refractivity contribution in [2.24, 2.45) is 0 Å². The molecule has 1 aromatic heterocycles. The number of carbonyl (C=O) groups excluding carboxylic acids is 2. The number of benzene rings is 2. The summed E-state index contributed by atoms with van der Waals surface area (Å²) in [7, 11) is 2.92. The molecule has 0 saturated heterocycles. The van der Waals surface area contributed by atoms with Crippen molar-refractivity contribution in [2.75, 3.05) is 19.5 Å². The SMILES string of the molecule is COC(=O)c1ccc(NC(=O)c2cc3ccc(OC)cc3[nH]2)cc1. The molecule has 0 fully saturated rings. The molecule has 0 aliphatic rings. The lowest BCUT2D eigenvalue weighted by molar-refractivity contribution is 0.0600. The summed E-state index contributed by atoms with van der Waals surface area (Å²) in [6, 6.07) is 13.8. The summed E-state index contributed by atoms with van der Waals surface area (Å²) in [6.45, 7) is 0. The maximum Gasteiger partial charge on any atom is 0.337 e. The Balaban J connectivity index is 1.78. The van der Waals surface area contributed by atoms with Crippen molar-refractivity contribution in [1.29, 1.82) is 0 Å². The van der Waals surface area contributed by atoms with Gasteiger partial charge in [-0.3, -0.25) is 4.79 Å². The number of hydrogen-bond donors (Lipinski definition) is 2. The van der Waals surface area contributed by atoms with E-state index < -0.39 is 5.97 Å². The van der Waals surface area contributed by atoms with Crippen LogP contribution in [0.1, 0.15) is 20.8 Å². The van der Waals surface area contributed by atoms with Crippen LogP contribution in [0.4, 0.5) is 5.69 Å². The fourth-order valence-electron chi connectivity index (χ4n) is 2.36. The number of nitrogens with one attached hydrogen (secondary N) is 2. The van der Waals surface area contributed by atoms with Crippen molar-refractivity contribution in [2.45, 2.75) is 0 Å². The fourth-order valence-corrected chi connectivity index (χ4v) is 2.36. The predicted octanol–water partition coefficient (Wildman–Crippen LogP) is 3.22. The number of carbonyl (C=O) groups is 2. The third kappa shape index (κ3) is 3.08. The number of methoxy groups -OCH3 is 2. The molecule has 0 spiro atoms. The molecule has 0 radical (unpaired) electrons. The molecule has 0 unspecified atom stereocenters. The first-order valence-electron chi connectivity index (χ1n) is 7.27. The van der Waals surface area contributed by atoms with Crippen molar-refractivity contribution in [1.82, 2.24) is 4.98 Å². The second kappa shape index (κ2) is 6.45. The van der Waals surface area contributed by atoms with Gasteiger partial charge in [0, 0.05) is 22.7 Å². The summed E-state index contributed by atoms with van der Waals surface area (Å²) in [4.78, 5) is 26.8. The molecule has 6 heteroatoms. The molecule has 0 saturated carbocycles. The molecule has 2 aromatic carbocycles. The molecule has 1 amide bonds. The molecule has 0 aliphatic carbocycles. The van der Waals surface area contributed by atoms with Gasteiger partial charge < -0.3 is 19.8 Å². The zero-order valence-electron chi connectivity index (χ0n) is 13.3. The standard InChI is InChI=1S/C18H16N2O4/c1-23-14-8-5-12-9-16(20-15(12)10-14)17(21)19-13-6-3-11(4-7-13)18(22)24-2/h3-10,20H,1-2H3,(H,19,21). The van der Waals surface area contributed by atoms with E-state index in [9.17, 15) is 9.59 Å². The summed E-state index contributed by atoms with van der Waals surface area (Å²) in [5.41, 5.74) is 2.27. The first-order valence-corrected chi connectivity index (χ1v) is 7.27. The number of anilines is 1. The van der Waals surface area contributed by atoms with Crippen molar-refractivity contribution < 1.29 is 19.1 Å². The van der Waals surface area contributed by atoms with Gasteiger partial charge in [-0.15, -0.1) is 0 Å². The number of ether oxygens (including phenoxy) is 2. The van der Waals surface area contributed by atoms with Crippen molar-refractivity contribution in [3.63, 3.8) is 0 Å². The monoisotopic (exact) mass is 324 g/mol. The molecule has 122 valence electrons. The van der Waals surface area contributed by atoms with Gasteiger partial charge in [-0.2, -0.15) is 0 Å². The first-order chi connectivity index (χ1) is 11.6. The second-order valence-electron chi connectivity index (χ2n) is 5.16. The Labute approximate surface area is 138 Å². The molecule has 3 rings (SSSR count). The number of H-pyrrole nitrogens is 1. The third-order valence-electron chi connectivity index (χ3n) is 3.64. The number of hydrogen-bond acceptors (Lipinski definition) is 4. The van der Waals surface area contributed by atoms with E-state index in [-0.39, 0.29) is 5.91 Å². The molecule has 3 aromatic rings. The lowest BCUT2D eigenvalue weighted by atomic mass is 10.2. The average Bonchev–Trinajstić information content (AvgIpc) is 3.05. The number of aromatic nitrogens is 1. The number of esters is 1. The molecular weight excluding hydrogens is 308 g/mol. The highest BCUT2D eigenvalue weighted by atomic mass is 16.5. The van der Waals surface area contributed by atoms with Crippen LogP contribution in [-0.4, -0.2) is 31.1 Å². The largest absolute Gasteiger partial charge is 0.497 e. The highest BCUT2D eigenvalue weighted by molar-refractivity contribution is 6.06. The Morgan fingerprint density at radius 3 is 2.42 bits per heavy atom. The van der Waals surface area contributed by atoms with Gasteiger partial charge in [0.25, 0.3) is 5.91 Å². The number of aromatic amines is 1. The van der Waals surface area contributed by atoms with E-state index in [4.69, 9.17) is 4.74 Å². The summed E-state index contributed by atoms with van der Waals surface area (Å²) in [5, 5.41) is 3.70. The van der Waals surface area contributed by atoms with Gasteiger partial charge in [-0.25, -0.2) is 4.79 Å². The quantitative estimate of drug-likeness (QED) is 0.722. The van der Waals surface area contributed by atoms with E-state index >= 15 is 0 Å². The van der Waals surface area contributed by atoms with Gasteiger partial charge in [-0.1, -0.05) is 0 Å². The van der Waals surface area contributed by atoms with Gasteiger partial charge in [-0.05, 0) is 42.5 Å². The van der Waals surface area contributed by atoms with Gasteiger partial charge in [0.2, 0.25) is 0 Å². The minimum absolute atomic E-state index is 0.268. The van der Waals surface area contributed by atoms with Crippen molar-refractivity contribution in [3.8, 4) is 5.75 Å². The van der Waals surface area contributed by atoms with Crippen LogP contribution in [0.3, 0.4) is 0 Å². The molecule has 0 bridgehead atoms. The number of amides is 1. The zero-order valence-corrected chi connectivity index (χ0v) is 13.3. The molecule has 6 nitrogen and oxygen atoms in total. The number of fused-ring (bicyclic) bond motifs is 1. The van der Waals surface area contributed by atoms with Crippen LogP contribution in [0.15, 0.2) is 48.5 Å². The summed E-state index contributed by atoms with van der Waals surface area (Å²) >= 11 is 0. The Morgan fingerprint density at radius 2 is 1.75 bits per heavy atom. The smallest absolute Gasteiger partial charge is 0.337 e. The Morgan fingerprint density at radius 1 is 1.00 bits per heavy atom. The van der Waals surface area contributed by atoms with Crippen LogP contribution >= 0.6 is 0 Å². The minimum Gasteiger partial charge on any atom is -0.497 e. The Kier molecular flexibility index (Phi) is 4.20. The van der Waals surface area contributed by atoms with Crippen LogP contribution in [0.2, 0.25) is 0 Å². The van der Waals surface area contributed by atoms with Crippen LogP contribution < -0.4 is 10.1 Å². The van der Waals surface area contributed by atoms with Crippen LogP contribution in [0.5, 0.6) is 5.75 Å². The molecule has 0 aliphatic heterocycles. The van der Waals surface area contributed by atoms with Gasteiger partial charge in [0.05, 0.1) is 19.8 Å². The number of rotatable bonds is 4. The topological polar surface area (TPSA) is 80.4 Å². The average molecular weight is 324 g/mol. The van der Waals surface area contributed by atoms with E-state index in [1.165, 1.54) is 7.11 Å². The summed E-state index contributed by atoms with van der Waals surface area (Å²) < 4.78 is 9.81. The molecule has 0 atom stereocenters. The van der Waals surface area contributed by atoms with E-state index in [1.54, 1.807) is 37.4 Å². The lowest BCUT2D eigenvalue weighted by Crippen LogP contribution is -2.12. The van der Waals surface area contributed by atoms with E-state index in [1.807, 2.05) is 18.2 Å². The minimum atomic E-state index is -0.419. The third-order valence-corrected chi connectivity index (χ3v) is 3.64. The highest BCUT2D eigenvalue weighted by Gasteiger charge is 2.11. The molecule has 2 N–H and O–H groups in total. The van der Waals surface area contributed by atoms with Gasteiger partial charge >= 0.3 is 5.97 Å². The van der Waals surface area contributed by atoms with Crippen LogP contribution in [0, 0.1) is 0 Å². The second-order valence-corrected chi connectivity index (χ2v) is 5.16. The maximum absolute atomic E-state index is 12.3. The summed E-state index contributed by atoms with van der Waals surface area (Å²) in [5.74, 6) is 0.0307. The highest BCUT2D eigenvalue weighted by Crippen LogP contribution is 2.22. The van der Waals surface area contributed by atoms with E-state index in [2.05, 4.69) is 15.0 Å². The molecular formula is C18H16N2O4. The van der Waals surface area contributed by atoms with Gasteiger partial charge in [0.1, 0.15) is 11.4 Å². The van der Waals surface area contributed by atoms with E-state index in [0.717, 1.165) is 16.7 Å². The summed E-state index contributed by atoms with van der Waals surface area (Å²) in [6.07, 6.45) is 0. The lowest BCUT2D eigenvalue weighted by Gasteiger charge is -2.04. The van der Waals surface area contributed by atoms with Crippen LogP contribution in [-0.2, 0) is 4.74 Å². The van der Waals surface area contributed by atoms with Crippen LogP contribution in [0.25, 0.3) is 10.9 Å². The van der Waals surface area contributed by atoms with Gasteiger partial charge in [0.15, 0.2) is 0 Å². The molecule has 1 heterocycles. The Bertz CT molecular complexity index is 897. The Hall–Kier alpha value is -3.28. The van der Waals surface area contributed by atoms with E-state index in [0.29, 0.717) is 16.9 Å². The first kappa shape index (κ1) is 15.6. The zero-order chi connectivity index (χ0) is 17.1. The predicted molar refractivity (Wildman–Crippen MR) is 90.6 cm³/mol. The molecule has 24 heavy (non-hydrogen) atoms.